The first kappa shape index (κ1) is 12.0. The zero-order chi connectivity index (χ0) is 12.3. The van der Waals surface area contributed by atoms with Crippen molar-refractivity contribution in [2.24, 2.45) is 5.11 Å². The molecule has 0 spiro atoms. The summed E-state index contributed by atoms with van der Waals surface area (Å²) in [6.45, 7) is 3.99. The average Bonchev–Trinajstić information content (AvgIpc) is 2.80. The Kier molecular flexibility index (Phi) is 3.71. The molecule has 0 unspecified atom stereocenters. The Morgan fingerprint density at radius 3 is 2.59 bits per heavy atom. The molecule has 6 heteroatoms. The molecule has 1 aliphatic rings. The highest BCUT2D eigenvalue weighted by molar-refractivity contribution is 6.38. The molecule has 0 aromatic heterocycles. The molecule has 0 aliphatic carbocycles. The molecule has 0 saturated carbocycles. The quantitative estimate of drug-likeness (QED) is 0.587. The summed E-state index contributed by atoms with van der Waals surface area (Å²) in [7, 11) is -2.74. The van der Waals surface area contributed by atoms with Crippen molar-refractivity contribution in [1.29, 1.82) is 0 Å². The first-order valence-corrected chi connectivity index (χ1v) is 5.71. The Hall–Kier alpha value is -1.46. The average molecular weight is 237 g/mol. The molecule has 0 atom stereocenters. The van der Waals surface area contributed by atoms with Gasteiger partial charge in [-0.1, -0.05) is 0 Å². The molecule has 1 saturated heterocycles. The predicted molar refractivity (Wildman–Crippen MR) is 64.8 cm³/mol. The van der Waals surface area contributed by atoms with E-state index in [-0.39, 0.29) is 0 Å². The lowest BCUT2D eigenvalue weighted by atomic mass is 10.1. The van der Waals surface area contributed by atoms with Gasteiger partial charge in [0.1, 0.15) is 10.7 Å². The Morgan fingerprint density at radius 1 is 1.29 bits per heavy atom. The maximum absolute atomic E-state index is 11.9. The van der Waals surface area contributed by atoms with Crippen LogP contribution in [0.15, 0.2) is 23.3 Å². The van der Waals surface area contributed by atoms with Gasteiger partial charge in [0.15, 0.2) is 0 Å². The van der Waals surface area contributed by atoms with Crippen LogP contribution in [0.25, 0.3) is 0 Å². The fourth-order valence-corrected chi connectivity index (χ4v) is 2.03. The number of rotatable bonds is 3. The minimum absolute atomic E-state index is 0.508. The van der Waals surface area contributed by atoms with E-state index in [1.54, 1.807) is 6.07 Å². The fraction of sp³-hybridized carbons (Fsp3) is 0.455. The molecule has 0 amide bonds. The topological polar surface area (TPSA) is 29.7 Å². The van der Waals surface area contributed by atoms with Gasteiger partial charge in [0.25, 0.3) is 0 Å². The predicted octanol–water partition coefficient (Wildman–Crippen LogP) is 2.94. The summed E-state index contributed by atoms with van der Waals surface area (Å²) in [5, 5.41) is 6.39. The highest BCUT2D eigenvalue weighted by Gasteiger charge is 2.34. The lowest BCUT2D eigenvalue weighted by Gasteiger charge is -2.17. The van der Waals surface area contributed by atoms with Crippen LogP contribution in [0.5, 0.6) is 0 Å². The summed E-state index contributed by atoms with van der Waals surface area (Å²) in [5.74, 6) is 0. The van der Waals surface area contributed by atoms with Gasteiger partial charge in [0.05, 0.1) is 0 Å². The summed E-state index contributed by atoms with van der Waals surface area (Å²) < 4.78 is 23.8. The lowest BCUT2D eigenvalue weighted by Crippen LogP contribution is -2.17. The maximum Gasteiger partial charge on any atom is 1.02 e. The van der Waals surface area contributed by atoms with Crippen molar-refractivity contribution < 1.29 is 8.63 Å². The van der Waals surface area contributed by atoms with E-state index in [1.807, 2.05) is 19.1 Å². The molecular formula is C11H14BF2N3+. The zero-order valence-corrected chi connectivity index (χ0v) is 9.74. The number of aryl methyl sites for hydroxylation is 1. The highest BCUT2D eigenvalue weighted by atomic mass is 19.2. The van der Waals surface area contributed by atoms with Crippen LogP contribution in [0, 0.1) is 6.92 Å². The second-order valence-corrected chi connectivity index (χ2v) is 4.16. The van der Waals surface area contributed by atoms with Crippen LogP contribution >= 0.6 is 0 Å². The highest BCUT2D eigenvalue weighted by Crippen LogP contribution is 2.26. The third kappa shape index (κ3) is 3.02. The molecule has 1 radical (unpaired) electrons. The van der Waals surface area contributed by atoms with E-state index in [4.69, 9.17) is 0 Å². The molecule has 1 heterocycles. The summed E-state index contributed by atoms with van der Waals surface area (Å²) in [6.07, 6.45) is 2.43. The molecule has 17 heavy (non-hydrogen) atoms. The van der Waals surface area contributed by atoms with E-state index in [9.17, 15) is 8.63 Å². The van der Waals surface area contributed by atoms with Gasteiger partial charge in [-0.3, -0.25) is 0 Å². The molecule has 0 bridgehead atoms. The second kappa shape index (κ2) is 5.25. The van der Waals surface area contributed by atoms with Crippen LogP contribution in [-0.4, -0.2) is 20.5 Å². The second-order valence-electron chi connectivity index (χ2n) is 4.16. The van der Waals surface area contributed by atoms with E-state index < -0.39 is 7.40 Å². The number of anilines is 1. The Balaban J connectivity index is 2.16. The van der Waals surface area contributed by atoms with Crippen molar-refractivity contribution in [3.8, 4) is 0 Å². The van der Waals surface area contributed by atoms with Gasteiger partial charge in [-0.05, 0) is 43.5 Å². The smallest absolute Gasteiger partial charge is 0.372 e. The minimum atomic E-state index is -2.74. The van der Waals surface area contributed by atoms with Gasteiger partial charge in [-0.2, -0.15) is 0 Å². The van der Waals surface area contributed by atoms with Crippen LogP contribution in [0.2, 0.25) is 0 Å². The van der Waals surface area contributed by atoms with E-state index in [2.05, 4.69) is 15.0 Å². The number of nitrogens with zero attached hydrogens (tertiary/aromatic N) is 3. The summed E-state index contributed by atoms with van der Waals surface area (Å²) in [5.41, 5.74) is 2.52. The molecule has 2 rings (SSSR count). The largest absolute Gasteiger partial charge is 1.02 e. The number of benzene rings is 1. The van der Waals surface area contributed by atoms with Gasteiger partial charge < -0.3 is 4.90 Å². The molecule has 1 aromatic carbocycles. The molecule has 1 aromatic rings. The monoisotopic (exact) mass is 237 g/mol. The number of hydrogen-bond donors (Lipinski definition) is 0. The normalized spacial score (nSPS) is 15.8. The molecular weight excluding hydrogens is 223 g/mol. The van der Waals surface area contributed by atoms with Gasteiger partial charge in [0, 0.05) is 23.9 Å². The molecule has 89 valence electrons. The Bertz CT molecular complexity index is 417. The van der Waals surface area contributed by atoms with Crippen molar-refractivity contribution in [2.75, 3.05) is 18.0 Å². The molecule has 3 nitrogen and oxygen atoms in total. The van der Waals surface area contributed by atoms with Crippen LogP contribution in [0.1, 0.15) is 18.4 Å². The number of hydrogen-bond acceptors (Lipinski definition) is 3. The fourth-order valence-electron chi connectivity index (χ4n) is 2.03. The first-order valence-electron chi connectivity index (χ1n) is 5.71. The maximum atomic E-state index is 11.9. The standard InChI is InChI=1S/C11H14BF2N3/c1-9-8-10(17-6-2-3-7-17)4-5-11(9)15-16-12(13)14/h4-5,8H,2-3,6-7H2,1H3/q+1. The van der Waals surface area contributed by atoms with Crippen molar-refractivity contribution in [3.05, 3.63) is 23.8 Å². The zero-order valence-electron chi connectivity index (χ0n) is 9.74. The van der Waals surface area contributed by atoms with E-state index in [0.717, 1.165) is 24.3 Å². The Morgan fingerprint density at radius 2 is 2.00 bits per heavy atom. The molecule has 1 fully saturated rings. The van der Waals surface area contributed by atoms with Gasteiger partial charge in [-0.15, -0.1) is 0 Å². The molecule has 0 N–H and O–H groups in total. The van der Waals surface area contributed by atoms with Crippen LogP contribution in [0.3, 0.4) is 0 Å². The minimum Gasteiger partial charge on any atom is -0.372 e. The van der Waals surface area contributed by atoms with Crippen LogP contribution < -0.4 is 9.93 Å². The number of halogens is 2. The SMILES string of the molecule is Cc1cc(N2CCCC2)ccc1N=[N+]B(F)F. The summed E-state index contributed by atoms with van der Waals surface area (Å²) >= 11 is 0. The van der Waals surface area contributed by atoms with Crippen LogP contribution in [-0.2, 0) is 0 Å². The third-order valence-electron chi connectivity index (χ3n) is 2.90. The van der Waals surface area contributed by atoms with E-state index >= 15 is 0 Å². The third-order valence-corrected chi connectivity index (χ3v) is 2.90. The first-order chi connectivity index (χ1) is 8.16. The van der Waals surface area contributed by atoms with Crippen molar-refractivity contribution in [3.63, 3.8) is 0 Å². The van der Waals surface area contributed by atoms with Crippen molar-refractivity contribution >= 4 is 18.8 Å². The van der Waals surface area contributed by atoms with Crippen LogP contribution in [0.4, 0.5) is 20.0 Å². The van der Waals surface area contributed by atoms with Gasteiger partial charge >= 0.3 is 7.40 Å². The summed E-state index contributed by atoms with van der Waals surface area (Å²) in [6, 6.07) is 5.64. The van der Waals surface area contributed by atoms with Gasteiger partial charge in [-0.25, -0.2) is 8.63 Å². The van der Waals surface area contributed by atoms with Crippen molar-refractivity contribution in [1.82, 2.24) is 5.03 Å². The Labute approximate surface area is 99.7 Å². The van der Waals surface area contributed by atoms with E-state index in [1.165, 1.54) is 12.8 Å². The van der Waals surface area contributed by atoms with E-state index in [0.29, 0.717) is 5.69 Å². The lowest BCUT2D eigenvalue weighted by molar-refractivity contribution is 0.638. The summed E-state index contributed by atoms with van der Waals surface area (Å²) in [4.78, 5) is 2.29. The molecule has 1 aliphatic heterocycles. The van der Waals surface area contributed by atoms with Crippen molar-refractivity contribution in [2.45, 2.75) is 19.8 Å². The van der Waals surface area contributed by atoms with Gasteiger partial charge in [0.2, 0.25) is 0 Å².